The Morgan fingerprint density at radius 1 is 1.21 bits per heavy atom. The third kappa shape index (κ3) is 4.43. The zero-order chi connectivity index (χ0) is 11.0. The van der Waals surface area contributed by atoms with Crippen LogP contribution in [0.15, 0.2) is 0 Å². The fourth-order valence-corrected chi connectivity index (χ4v) is 2.18. The van der Waals surface area contributed by atoms with Crippen LogP contribution in [0.25, 0.3) is 0 Å². The van der Waals surface area contributed by atoms with Crippen LogP contribution >= 0.6 is 0 Å². The molecule has 0 spiro atoms. The van der Waals surface area contributed by atoms with Crippen LogP contribution in [0.2, 0.25) is 0 Å². The highest BCUT2D eigenvalue weighted by atomic mass is 15.2. The van der Waals surface area contributed by atoms with E-state index in [-0.39, 0.29) is 0 Å². The summed E-state index contributed by atoms with van der Waals surface area (Å²) in [5, 5.41) is 3.41. The van der Waals surface area contributed by atoms with Crippen molar-refractivity contribution in [1.29, 1.82) is 0 Å². The van der Waals surface area contributed by atoms with Gasteiger partial charge in [-0.2, -0.15) is 0 Å². The maximum Gasteiger partial charge on any atom is 0.0122 e. The number of nitrogens with one attached hydrogen (secondary N) is 1. The first-order chi connectivity index (χ1) is 6.75. The van der Waals surface area contributed by atoms with Gasteiger partial charge in [0.2, 0.25) is 0 Å². The van der Waals surface area contributed by atoms with Crippen LogP contribution in [0.1, 0.15) is 47.5 Å². The van der Waals surface area contributed by atoms with Gasteiger partial charge in [-0.1, -0.05) is 20.8 Å². The number of hydrogen-bond acceptors (Lipinski definition) is 2. The topological polar surface area (TPSA) is 15.3 Å². The Morgan fingerprint density at radius 3 is 2.07 bits per heavy atom. The Bertz CT molecular complexity index is 117. The van der Waals surface area contributed by atoms with Crippen molar-refractivity contribution in [2.24, 2.45) is 0 Å². The van der Waals surface area contributed by atoms with Gasteiger partial charge in [0.1, 0.15) is 0 Å². The van der Waals surface area contributed by atoms with Gasteiger partial charge >= 0.3 is 0 Å². The summed E-state index contributed by atoms with van der Waals surface area (Å²) in [6.45, 7) is 14.5. The standard InChI is InChI=1S/C10H22N2.C2H6/c1-4-12(9(2)3)10-5-7-11-8-6-10;1-2/h9-11H,4-8H2,1-3H3;1-2H3. The first kappa shape index (κ1) is 13.9. The van der Waals surface area contributed by atoms with Crippen LogP contribution in [-0.2, 0) is 0 Å². The molecule has 0 amide bonds. The van der Waals surface area contributed by atoms with Crippen molar-refractivity contribution in [1.82, 2.24) is 10.2 Å². The highest BCUT2D eigenvalue weighted by Gasteiger charge is 2.20. The maximum atomic E-state index is 3.41. The molecule has 1 aliphatic heterocycles. The zero-order valence-electron chi connectivity index (χ0n) is 10.6. The number of hydrogen-bond donors (Lipinski definition) is 1. The lowest BCUT2D eigenvalue weighted by Crippen LogP contribution is -2.46. The smallest absolute Gasteiger partial charge is 0.0122 e. The summed E-state index contributed by atoms with van der Waals surface area (Å²) in [7, 11) is 0. The van der Waals surface area contributed by atoms with Crippen LogP contribution < -0.4 is 5.32 Å². The van der Waals surface area contributed by atoms with Crippen molar-refractivity contribution < 1.29 is 0 Å². The van der Waals surface area contributed by atoms with Gasteiger partial charge in [0.15, 0.2) is 0 Å². The minimum Gasteiger partial charge on any atom is -0.317 e. The number of piperidine rings is 1. The van der Waals surface area contributed by atoms with E-state index in [2.05, 4.69) is 31.0 Å². The minimum absolute atomic E-state index is 0.707. The Labute approximate surface area is 90.1 Å². The molecule has 2 heteroatoms. The summed E-state index contributed by atoms with van der Waals surface area (Å²) in [5.74, 6) is 0. The van der Waals surface area contributed by atoms with E-state index in [4.69, 9.17) is 0 Å². The average Bonchev–Trinajstić information content (AvgIpc) is 2.23. The van der Waals surface area contributed by atoms with Crippen LogP contribution in [0.4, 0.5) is 0 Å². The molecule has 0 aromatic carbocycles. The molecule has 0 radical (unpaired) electrons. The van der Waals surface area contributed by atoms with Crippen molar-refractivity contribution in [3.63, 3.8) is 0 Å². The predicted octanol–water partition coefficient (Wildman–Crippen LogP) is 2.49. The normalized spacial score (nSPS) is 18.2. The first-order valence-electron chi connectivity index (χ1n) is 6.22. The molecule has 0 saturated carbocycles. The largest absolute Gasteiger partial charge is 0.317 e. The summed E-state index contributed by atoms with van der Waals surface area (Å²) < 4.78 is 0. The molecule has 0 bridgehead atoms. The van der Waals surface area contributed by atoms with Crippen molar-refractivity contribution in [2.45, 2.75) is 59.5 Å². The molecule has 1 N–H and O–H groups in total. The summed E-state index contributed by atoms with van der Waals surface area (Å²) in [4.78, 5) is 2.61. The molecule has 1 rings (SSSR count). The zero-order valence-corrected chi connectivity index (χ0v) is 10.6. The van der Waals surface area contributed by atoms with E-state index in [1.54, 1.807) is 0 Å². The van der Waals surface area contributed by atoms with Crippen molar-refractivity contribution in [3.8, 4) is 0 Å². The minimum atomic E-state index is 0.707. The van der Waals surface area contributed by atoms with E-state index in [0.29, 0.717) is 6.04 Å². The fourth-order valence-electron chi connectivity index (χ4n) is 2.18. The highest BCUT2D eigenvalue weighted by Crippen LogP contribution is 2.14. The molecule has 1 fully saturated rings. The molecule has 0 aromatic heterocycles. The average molecular weight is 200 g/mol. The molecule has 1 heterocycles. The maximum absolute atomic E-state index is 3.41. The molecule has 86 valence electrons. The second-order valence-electron chi connectivity index (χ2n) is 3.91. The SMILES string of the molecule is CC.CCN(C(C)C)C1CCNCC1. The van der Waals surface area contributed by atoms with Crippen molar-refractivity contribution >= 4 is 0 Å². The molecule has 14 heavy (non-hydrogen) atoms. The number of nitrogens with zero attached hydrogens (tertiary/aromatic N) is 1. The van der Waals surface area contributed by atoms with Gasteiger partial charge in [-0.3, -0.25) is 4.90 Å². The summed E-state index contributed by atoms with van der Waals surface area (Å²) >= 11 is 0. The van der Waals surface area contributed by atoms with E-state index in [0.717, 1.165) is 6.04 Å². The molecule has 1 saturated heterocycles. The molecule has 0 aliphatic carbocycles. The molecule has 0 atom stereocenters. The van der Waals surface area contributed by atoms with Gasteiger partial charge in [0.05, 0.1) is 0 Å². The molecular formula is C12H28N2. The van der Waals surface area contributed by atoms with Crippen LogP contribution in [0, 0.1) is 0 Å². The summed E-state index contributed by atoms with van der Waals surface area (Å²) in [6, 6.07) is 1.54. The Hall–Kier alpha value is -0.0800. The molecule has 2 nitrogen and oxygen atoms in total. The molecule has 0 unspecified atom stereocenters. The second kappa shape index (κ2) is 8.25. The van der Waals surface area contributed by atoms with Crippen LogP contribution in [0.5, 0.6) is 0 Å². The summed E-state index contributed by atoms with van der Waals surface area (Å²) in [6.07, 6.45) is 2.65. The van der Waals surface area contributed by atoms with E-state index in [1.807, 2.05) is 13.8 Å². The third-order valence-electron chi connectivity index (χ3n) is 2.81. The van der Waals surface area contributed by atoms with Gasteiger partial charge in [0, 0.05) is 12.1 Å². The first-order valence-corrected chi connectivity index (χ1v) is 6.22. The second-order valence-corrected chi connectivity index (χ2v) is 3.91. The van der Waals surface area contributed by atoms with E-state index in [1.165, 1.54) is 32.5 Å². The van der Waals surface area contributed by atoms with Crippen LogP contribution in [-0.4, -0.2) is 36.6 Å². The fraction of sp³-hybridized carbons (Fsp3) is 1.00. The summed E-state index contributed by atoms with van der Waals surface area (Å²) in [5.41, 5.74) is 0. The van der Waals surface area contributed by atoms with Gasteiger partial charge in [-0.15, -0.1) is 0 Å². The Morgan fingerprint density at radius 2 is 1.71 bits per heavy atom. The quantitative estimate of drug-likeness (QED) is 0.753. The molecule has 1 aliphatic rings. The van der Waals surface area contributed by atoms with E-state index in [9.17, 15) is 0 Å². The van der Waals surface area contributed by atoms with Gasteiger partial charge in [-0.05, 0) is 46.3 Å². The molecular weight excluding hydrogens is 172 g/mol. The molecule has 0 aromatic rings. The van der Waals surface area contributed by atoms with Gasteiger partial charge < -0.3 is 5.32 Å². The highest BCUT2D eigenvalue weighted by molar-refractivity contribution is 4.78. The third-order valence-corrected chi connectivity index (χ3v) is 2.81. The lowest BCUT2D eigenvalue weighted by atomic mass is 10.0. The van der Waals surface area contributed by atoms with Crippen molar-refractivity contribution in [2.75, 3.05) is 19.6 Å². The van der Waals surface area contributed by atoms with Crippen LogP contribution in [0.3, 0.4) is 0 Å². The lowest BCUT2D eigenvalue weighted by Gasteiger charge is -2.36. The number of rotatable bonds is 3. The van der Waals surface area contributed by atoms with E-state index < -0.39 is 0 Å². The van der Waals surface area contributed by atoms with Crippen molar-refractivity contribution in [3.05, 3.63) is 0 Å². The monoisotopic (exact) mass is 200 g/mol. The van der Waals surface area contributed by atoms with Gasteiger partial charge in [0.25, 0.3) is 0 Å². The predicted molar refractivity (Wildman–Crippen MR) is 64.8 cm³/mol. The van der Waals surface area contributed by atoms with Gasteiger partial charge in [-0.25, -0.2) is 0 Å². The lowest BCUT2D eigenvalue weighted by molar-refractivity contribution is 0.133. The Kier molecular flexibility index (Phi) is 8.20. The Balaban J connectivity index is 0.000000791. The van der Waals surface area contributed by atoms with E-state index >= 15 is 0 Å².